The Morgan fingerprint density at radius 1 is 1.45 bits per heavy atom. The van der Waals surface area contributed by atoms with Crippen LogP contribution in [0.1, 0.15) is 25.5 Å². The Hall–Kier alpha value is -2.37. The smallest absolute Gasteiger partial charge is 0.305 e. The summed E-state index contributed by atoms with van der Waals surface area (Å²) >= 11 is 0. The molecule has 6 heteroatoms. The molecular formula is C14H17N3O3. The second-order valence-electron chi connectivity index (χ2n) is 4.65. The maximum Gasteiger partial charge on any atom is 0.305 e. The van der Waals surface area contributed by atoms with E-state index >= 15 is 0 Å². The predicted molar refractivity (Wildman–Crippen MR) is 73.4 cm³/mol. The summed E-state index contributed by atoms with van der Waals surface area (Å²) in [6.45, 7) is 1.85. The van der Waals surface area contributed by atoms with Crippen molar-refractivity contribution in [3.8, 4) is 0 Å². The molecule has 0 aliphatic heterocycles. The van der Waals surface area contributed by atoms with E-state index in [4.69, 9.17) is 5.11 Å². The Balaban J connectivity index is 1.98. The lowest BCUT2D eigenvalue weighted by atomic mass is 10.1. The topological polar surface area (TPSA) is 83.7 Å². The van der Waals surface area contributed by atoms with Gasteiger partial charge in [-0.05, 0) is 18.6 Å². The summed E-state index contributed by atoms with van der Waals surface area (Å²) in [5, 5.41) is 11.5. The van der Waals surface area contributed by atoms with Crippen LogP contribution >= 0.6 is 0 Å². The van der Waals surface area contributed by atoms with Gasteiger partial charge in [-0.25, -0.2) is 4.98 Å². The van der Waals surface area contributed by atoms with Gasteiger partial charge in [0.05, 0.1) is 18.5 Å². The highest BCUT2D eigenvalue weighted by Gasteiger charge is 2.15. The molecule has 0 fully saturated rings. The zero-order valence-electron chi connectivity index (χ0n) is 11.2. The van der Waals surface area contributed by atoms with E-state index in [9.17, 15) is 9.59 Å². The van der Waals surface area contributed by atoms with Gasteiger partial charge in [-0.15, -0.1) is 0 Å². The van der Waals surface area contributed by atoms with Crippen molar-refractivity contribution in [2.45, 2.75) is 32.2 Å². The van der Waals surface area contributed by atoms with Crippen LogP contribution in [0.2, 0.25) is 0 Å². The van der Waals surface area contributed by atoms with Gasteiger partial charge in [0.25, 0.3) is 0 Å². The zero-order valence-corrected chi connectivity index (χ0v) is 11.2. The molecule has 1 unspecified atom stereocenters. The molecule has 6 nitrogen and oxygen atoms in total. The minimum absolute atomic E-state index is 0.0621. The number of fused-ring (bicyclic) bond motifs is 1. The third-order valence-electron chi connectivity index (χ3n) is 3.03. The van der Waals surface area contributed by atoms with Crippen LogP contribution in [0, 0.1) is 0 Å². The fourth-order valence-electron chi connectivity index (χ4n) is 2.02. The molecule has 0 aliphatic carbocycles. The molecule has 0 saturated carbocycles. The fourth-order valence-corrected chi connectivity index (χ4v) is 2.02. The highest BCUT2D eigenvalue weighted by Crippen LogP contribution is 2.06. The second kappa shape index (κ2) is 6.18. The number of imidazole rings is 1. The number of carboxylic acid groups (broad SMARTS) is 1. The minimum atomic E-state index is -0.912. The lowest BCUT2D eigenvalue weighted by molar-refractivity contribution is -0.137. The van der Waals surface area contributed by atoms with Gasteiger partial charge in [0.15, 0.2) is 0 Å². The number of pyridine rings is 1. The number of amides is 1. The largest absolute Gasteiger partial charge is 0.481 e. The lowest BCUT2D eigenvalue weighted by Crippen LogP contribution is -2.37. The van der Waals surface area contributed by atoms with E-state index in [2.05, 4.69) is 10.3 Å². The van der Waals surface area contributed by atoms with Crippen LogP contribution in [-0.4, -0.2) is 32.4 Å². The van der Waals surface area contributed by atoms with Crippen molar-refractivity contribution in [2.24, 2.45) is 0 Å². The van der Waals surface area contributed by atoms with E-state index in [1.807, 2.05) is 35.7 Å². The average Bonchev–Trinajstić information content (AvgIpc) is 2.79. The van der Waals surface area contributed by atoms with E-state index < -0.39 is 5.97 Å². The van der Waals surface area contributed by atoms with Crippen LogP contribution in [0.5, 0.6) is 0 Å². The molecule has 0 aliphatic rings. The molecule has 0 spiro atoms. The number of hydrogen-bond acceptors (Lipinski definition) is 3. The maximum atomic E-state index is 11.9. The van der Waals surface area contributed by atoms with Gasteiger partial charge in [-0.2, -0.15) is 0 Å². The first-order chi connectivity index (χ1) is 9.58. The van der Waals surface area contributed by atoms with E-state index in [1.165, 1.54) is 0 Å². The Labute approximate surface area is 116 Å². The highest BCUT2D eigenvalue weighted by atomic mass is 16.4. The number of nitrogens with one attached hydrogen (secondary N) is 1. The van der Waals surface area contributed by atoms with Gasteiger partial charge in [0, 0.05) is 18.4 Å². The summed E-state index contributed by atoms with van der Waals surface area (Å²) in [7, 11) is 0. The first kappa shape index (κ1) is 14.0. The summed E-state index contributed by atoms with van der Waals surface area (Å²) in [4.78, 5) is 26.9. The number of hydrogen-bond donors (Lipinski definition) is 2. The number of aliphatic carboxylic acids is 1. The van der Waals surface area contributed by atoms with Crippen molar-refractivity contribution >= 4 is 17.5 Å². The molecule has 2 N–H and O–H groups in total. The SMILES string of the molecule is CCC(CC(=O)O)NC(=O)Cc1cn2ccccc2n1. The van der Waals surface area contributed by atoms with Crippen molar-refractivity contribution in [3.63, 3.8) is 0 Å². The Morgan fingerprint density at radius 2 is 2.25 bits per heavy atom. The van der Waals surface area contributed by atoms with E-state index in [1.54, 1.807) is 6.20 Å². The molecule has 1 amide bonds. The van der Waals surface area contributed by atoms with Gasteiger partial charge < -0.3 is 14.8 Å². The van der Waals surface area contributed by atoms with Gasteiger partial charge in [0.2, 0.25) is 5.91 Å². The molecule has 2 heterocycles. The number of carboxylic acids is 1. The van der Waals surface area contributed by atoms with Crippen molar-refractivity contribution in [1.29, 1.82) is 0 Å². The Morgan fingerprint density at radius 3 is 2.90 bits per heavy atom. The molecule has 2 aromatic rings. The Kier molecular flexibility index (Phi) is 4.34. The summed E-state index contributed by atoms with van der Waals surface area (Å²) < 4.78 is 1.84. The summed E-state index contributed by atoms with van der Waals surface area (Å²) in [6, 6.07) is 5.29. The minimum Gasteiger partial charge on any atom is -0.481 e. The van der Waals surface area contributed by atoms with Crippen molar-refractivity contribution < 1.29 is 14.7 Å². The first-order valence-electron chi connectivity index (χ1n) is 6.52. The molecule has 106 valence electrons. The summed E-state index contributed by atoms with van der Waals surface area (Å²) in [6.07, 6.45) is 4.34. The van der Waals surface area contributed by atoms with Gasteiger partial charge >= 0.3 is 5.97 Å². The van der Waals surface area contributed by atoms with E-state index in [0.29, 0.717) is 12.1 Å². The lowest BCUT2D eigenvalue weighted by Gasteiger charge is -2.14. The van der Waals surface area contributed by atoms with Crippen LogP contribution in [0.15, 0.2) is 30.6 Å². The third-order valence-corrected chi connectivity index (χ3v) is 3.03. The number of carbonyl (C=O) groups is 2. The second-order valence-corrected chi connectivity index (χ2v) is 4.65. The van der Waals surface area contributed by atoms with E-state index in [0.717, 1.165) is 5.65 Å². The number of rotatable bonds is 6. The number of nitrogens with zero attached hydrogens (tertiary/aromatic N) is 2. The maximum absolute atomic E-state index is 11.9. The normalized spacial score (nSPS) is 12.2. The molecule has 20 heavy (non-hydrogen) atoms. The molecule has 1 atom stereocenters. The summed E-state index contributed by atoms with van der Waals surface area (Å²) in [5.41, 5.74) is 1.45. The quantitative estimate of drug-likeness (QED) is 0.831. The van der Waals surface area contributed by atoms with Crippen molar-refractivity contribution in [3.05, 3.63) is 36.3 Å². The molecule has 0 radical (unpaired) electrons. The fraction of sp³-hybridized carbons (Fsp3) is 0.357. The van der Waals surface area contributed by atoms with Gasteiger partial charge in [-0.3, -0.25) is 9.59 Å². The van der Waals surface area contributed by atoms with Crippen LogP contribution in [0.4, 0.5) is 0 Å². The summed E-state index contributed by atoms with van der Waals surface area (Å²) in [5.74, 6) is -1.12. The highest BCUT2D eigenvalue weighted by molar-refractivity contribution is 5.79. The van der Waals surface area contributed by atoms with Crippen molar-refractivity contribution in [1.82, 2.24) is 14.7 Å². The van der Waals surface area contributed by atoms with Gasteiger partial charge in [0.1, 0.15) is 5.65 Å². The first-order valence-corrected chi connectivity index (χ1v) is 6.52. The zero-order chi connectivity index (χ0) is 14.5. The molecule has 0 aromatic carbocycles. The average molecular weight is 275 g/mol. The van der Waals surface area contributed by atoms with Crippen LogP contribution < -0.4 is 5.32 Å². The molecule has 2 rings (SSSR count). The van der Waals surface area contributed by atoms with Crippen LogP contribution in [0.25, 0.3) is 5.65 Å². The molecule has 0 saturated heterocycles. The Bertz CT molecular complexity index is 588. The number of carbonyl (C=O) groups excluding carboxylic acids is 1. The predicted octanol–water partition coefficient (Wildman–Crippen LogP) is 1.25. The van der Waals surface area contributed by atoms with E-state index in [-0.39, 0.29) is 24.8 Å². The standard InChI is InChI=1S/C14H17N3O3/c1-2-10(8-14(19)20)16-13(18)7-11-9-17-6-4-3-5-12(17)15-11/h3-6,9-10H,2,7-8H2,1H3,(H,16,18)(H,19,20). The van der Waals surface area contributed by atoms with Crippen LogP contribution in [-0.2, 0) is 16.0 Å². The third kappa shape index (κ3) is 3.57. The monoisotopic (exact) mass is 275 g/mol. The molecule has 0 bridgehead atoms. The molecular weight excluding hydrogens is 258 g/mol. The molecule has 2 aromatic heterocycles. The van der Waals surface area contributed by atoms with Crippen molar-refractivity contribution in [2.75, 3.05) is 0 Å². The number of aromatic nitrogens is 2. The van der Waals surface area contributed by atoms with Crippen LogP contribution in [0.3, 0.4) is 0 Å². The van der Waals surface area contributed by atoms with Gasteiger partial charge in [-0.1, -0.05) is 13.0 Å².